The summed E-state index contributed by atoms with van der Waals surface area (Å²) in [5, 5.41) is 3.22. The van der Waals surface area contributed by atoms with Gasteiger partial charge < -0.3 is 10.1 Å². The van der Waals surface area contributed by atoms with Crippen LogP contribution in [0.3, 0.4) is 0 Å². The van der Waals surface area contributed by atoms with Gasteiger partial charge in [-0.05, 0) is 93.6 Å². The van der Waals surface area contributed by atoms with Gasteiger partial charge in [-0.2, -0.15) is 0 Å². The fourth-order valence-electron chi connectivity index (χ4n) is 4.15. The fraction of sp³-hybridized carbons (Fsp3) is 0.296. The lowest BCUT2D eigenvalue weighted by Crippen LogP contribution is -2.38. The summed E-state index contributed by atoms with van der Waals surface area (Å²) in [6, 6.07) is 18.7. The highest BCUT2D eigenvalue weighted by Gasteiger charge is 2.29. The molecule has 0 radical (unpaired) electrons. The van der Waals surface area contributed by atoms with Crippen LogP contribution in [-0.2, 0) is 14.8 Å². The topological polar surface area (TPSA) is 75.7 Å². The number of sulfonamides is 1. The van der Waals surface area contributed by atoms with E-state index < -0.39 is 22.5 Å². The van der Waals surface area contributed by atoms with Crippen molar-refractivity contribution >= 4 is 38.9 Å². The predicted molar refractivity (Wildman–Crippen MR) is 140 cm³/mol. The number of nitrogens with one attached hydrogen (secondary N) is 1. The molecule has 4 rings (SSSR count). The second-order valence-corrected chi connectivity index (χ2v) is 11.1. The largest absolute Gasteiger partial charge is 0.490 e. The van der Waals surface area contributed by atoms with Gasteiger partial charge in [0.1, 0.15) is 12.3 Å². The Morgan fingerprint density at radius 1 is 1.00 bits per heavy atom. The lowest BCUT2D eigenvalue weighted by Gasteiger charge is -2.26. The van der Waals surface area contributed by atoms with Crippen LogP contribution < -0.4 is 14.4 Å². The van der Waals surface area contributed by atoms with Gasteiger partial charge in [0.25, 0.3) is 10.0 Å². The maximum atomic E-state index is 13.6. The number of rotatable bonds is 8. The van der Waals surface area contributed by atoms with E-state index in [1.165, 1.54) is 12.8 Å². The van der Waals surface area contributed by atoms with E-state index in [0.717, 1.165) is 28.5 Å². The second kappa shape index (κ2) is 10.7. The lowest BCUT2D eigenvalue weighted by atomic mass is 10.2. The summed E-state index contributed by atoms with van der Waals surface area (Å²) in [5.41, 5.74) is 2.43. The van der Waals surface area contributed by atoms with E-state index >= 15 is 0 Å². The normalized spacial score (nSPS) is 14.0. The monoisotopic (exact) mass is 512 g/mol. The Balaban J connectivity index is 1.55. The highest BCUT2D eigenvalue weighted by molar-refractivity contribution is 7.92. The van der Waals surface area contributed by atoms with Crippen molar-refractivity contribution in [2.75, 3.05) is 16.2 Å². The van der Waals surface area contributed by atoms with Gasteiger partial charge in [-0.1, -0.05) is 35.4 Å². The minimum Gasteiger partial charge on any atom is -0.490 e. The quantitative estimate of drug-likeness (QED) is 0.395. The predicted octanol–water partition coefficient (Wildman–Crippen LogP) is 6.11. The first-order chi connectivity index (χ1) is 16.7. The van der Waals surface area contributed by atoms with Crippen LogP contribution in [0.15, 0.2) is 71.6 Å². The van der Waals surface area contributed by atoms with Crippen molar-refractivity contribution in [3.8, 4) is 5.75 Å². The molecule has 3 aromatic carbocycles. The van der Waals surface area contributed by atoms with Crippen molar-refractivity contribution in [2.45, 2.75) is 50.5 Å². The molecule has 0 saturated heterocycles. The van der Waals surface area contributed by atoms with E-state index in [1.54, 1.807) is 61.5 Å². The Kier molecular flexibility index (Phi) is 7.67. The molecule has 35 heavy (non-hydrogen) atoms. The first kappa shape index (κ1) is 25.1. The molecular weight excluding hydrogens is 484 g/mol. The third-order valence-corrected chi connectivity index (χ3v) is 8.33. The third-order valence-electron chi connectivity index (χ3n) is 6.15. The maximum Gasteiger partial charge on any atom is 0.264 e. The average Bonchev–Trinajstić information content (AvgIpc) is 3.34. The Bertz CT molecular complexity index is 1290. The van der Waals surface area contributed by atoms with E-state index in [9.17, 15) is 13.2 Å². The van der Waals surface area contributed by atoms with Gasteiger partial charge >= 0.3 is 0 Å². The first-order valence-corrected chi connectivity index (χ1v) is 13.5. The number of benzene rings is 3. The van der Waals surface area contributed by atoms with E-state index in [1.807, 2.05) is 19.1 Å². The molecule has 0 unspecified atom stereocenters. The van der Waals surface area contributed by atoms with Crippen LogP contribution >= 0.6 is 11.6 Å². The minimum absolute atomic E-state index is 0.101. The highest BCUT2D eigenvalue weighted by Crippen LogP contribution is 2.31. The summed E-state index contributed by atoms with van der Waals surface area (Å²) in [4.78, 5) is 13.1. The van der Waals surface area contributed by atoms with Crippen molar-refractivity contribution in [1.82, 2.24) is 0 Å². The lowest BCUT2D eigenvalue weighted by molar-refractivity contribution is -0.114. The summed E-state index contributed by atoms with van der Waals surface area (Å²) in [5.74, 6) is 0.289. The Morgan fingerprint density at radius 2 is 1.66 bits per heavy atom. The second-order valence-electron chi connectivity index (χ2n) is 8.81. The molecule has 1 N–H and O–H groups in total. The molecule has 1 fully saturated rings. The van der Waals surface area contributed by atoms with E-state index in [0.29, 0.717) is 22.0 Å². The van der Waals surface area contributed by atoms with Gasteiger partial charge in [0, 0.05) is 10.7 Å². The van der Waals surface area contributed by atoms with Gasteiger partial charge in [0.05, 0.1) is 16.7 Å². The van der Waals surface area contributed by atoms with Crippen molar-refractivity contribution in [1.29, 1.82) is 0 Å². The Labute approximate surface area is 211 Å². The molecule has 0 atom stereocenters. The van der Waals surface area contributed by atoms with Crippen LogP contribution in [0.4, 0.5) is 11.4 Å². The van der Waals surface area contributed by atoms with Crippen molar-refractivity contribution < 1.29 is 17.9 Å². The zero-order valence-corrected chi connectivity index (χ0v) is 21.4. The number of amides is 1. The first-order valence-electron chi connectivity index (χ1n) is 11.6. The Morgan fingerprint density at radius 3 is 2.31 bits per heavy atom. The van der Waals surface area contributed by atoms with Crippen LogP contribution in [0.1, 0.15) is 36.8 Å². The average molecular weight is 513 g/mol. The SMILES string of the molecule is Cc1ccc(S(=O)(=O)N(CC(=O)Nc2ccc(OC3CCCC3)cc2)c2cccc(Cl)c2C)cc1. The third kappa shape index (κ3) is 5.97. The molecule has 6 nitrogen and oxygen atoms in total. The van der Waals surface area contributed by atoms with E-state index in [2.05, 4.69) is 5.32 Å². The molecule has 184 valence electrons. The van der Waals surface area contributed by atoms with Crippen LogP contribution in [0.5, 0.6) is 5.75 Å². The van der Waals surface area contributed by atoms with E-state index in [4.69, 9.17) is 16.3 Å². The molecule has 1 amide bonds. The molecule has 0 heterocycles. The van der Waals surface area contributed by atoms with Gasteiger partial charge in [-0.25, -0.2) is 8.42 Å². The fourth-order valence-corrected chi connectivity index (χ4v) is 5.80. The highest BCUT2D eigenvalue weighted by atomic mass is 35.5. The summed E-state index contributed by atoms with van der Waals surface area (Å²) >= 11 is 6.28. The summed E-state index contributed by atoms with van der Waals surface area (Å²) in [6.07, 6.45) is 4.75. The maximum absolute atomic E-state index is 13.6. The van der Waals surface area contributed by atoms with Crippen LogP contribution in [0.25, 0.3) is 0 Å². The number of aryl methyl sites for hydroxylation is 1. The molecule has 1 aliphatic carbocycles. The number of halogens is 1. The van der Waals surface area contributed by atoms with Crippen LogP contribution in [-0.4, -0.2) is 27.0 Å². The van der Waals surface area contributed by atoms with Crippen LogP contribution in [0, 0.1) is 13.8 Å². The zero-order chi connectivity index (χ0) is 25.0. The van der Waals surface area contributed by atoms with Gasteiger partial charge in [0.15, 0.2) is 0 Å². The van der Waals surface area contributed by atoms with Crippen molar-refractivity contribution in [2.24, 2.45) is 0 Å². The molecule has 1 aliphatic rings. The van der Waals surface area contributed by atoms with Crippen LogP contribution in [0.2, 0.25) is 5.02 Å². The zero-order valence-electron chi connectivity index (χ0n) is 19.8. The standard InChI is InChI=1S/C27H29ClN2O4S/c1-19-10-16-24(17-11-19)35(32,33)30(26-9-5-8-25(28)20(26)2)18-27(31)29-21-12-14-23(15-13-21)34-22-6-3-4-7-22/h5,8-17,22H,3-4,6-7,18H2,1-2H3,(H,29,31). The molecular formula is C27H29ClN2O4S. The van der Waals surface area contributed by atoms with Gasteiger partial charge in [-0.3, -0.25) is 9.10 Å². The number of ether oxygens (including phenoxy) is 1. The molecule has 0 bridgehead atoms. The summed E-state index contributed by atoms with van der Waals surface area (Å²) in [6.45, 7) is 3.21. The number of nitrogens with zero attached hydrogens (tertiary/aromatic N) is 1. The smallest absolute Gasteiger partial charge is 0.264 e. The number of carbonyl (C=O) groups excluding carboxylic acids is 1. The summed E-state index contributed by atoms with van der Waals surface area (Å²) in [7, 11) is -4.02. The van der Waals surface area contributed by atoms with E-state index in [-0.39, 0.29) is 11.0 Å². The molecule has 8 heteroatoms. The van der Waals surface area contributed by atoms with Crippen molar-refractivity contribution in [3.05, 3.63) is 82.9 Å². The molecule has 1 saturated carbocycles. The van der Waals surface area contributed by atoms with Crippen molar-refractivity contribution in [3.63, 3.8) is 0 Å². The van der Waals surface area contributed by atoms with Gasteiger partial charge in [-0.15, -0.1) is 0 Å². The number of carbonyl (C=O) groups is 1. The molecule has 0 aromatic heterocycles. The molecule has 0 spiro atoms. The number of hydrogen-bond donors (Lipinski definition) is 1. The van der Waals surface area contributed by atoms with Gasteiger partial charge in [0.2, 0.25) is 5.91 Å². The molecule has 0 aliphatic heterocycles. The number of anilines is 2. The number of hydrogen-bond acceptors (Lipinski definition) is 4. The minimum atomic E-state index is -4.02. The molecule has 3 aromatic rings. The summed E-state index contributed by atoms with van der Waals surface area (Å²) < 4.78 is 34.3. The Hall–Kier alpha value is -3.03.